The lowest BCUT2D eigenvalue weighted by Gasteiger charge is -2.07. The third-order valence-electron chi connectivity index (χ3n) is 2.33. The minimum absolute atomic E-state index is 0.0885. The summed E-state index contributed by atoms with van der Waals surface area (Å²) in [6.07, 6.45) is 0. The molecular formula is C12H10FN3O2. The summed E-state index contributed by atoms with van der Waals surface area (Å²) in [6, 6.07) is 10.6. The topological polar surface area (TPSA) is 81.2 Å². The summed E-state index contributed by atoms with van der Waals surface area (Å²) in [4.78, 5) is 10.0. The highest BCUT2D eigenvalue weighted by molar-refractivity contribution is 5.71. The second-order valence-electron chi connectivity index (χ2n) is 3.64. The zero-order valence-corrected chi connectivity index (χ0v) is 9.26. The first kappa shape index (κ1) is 11.8. The van der Waals surface area contributed by atoms with Crippen LogP contribution in [0.4, 0.5) is 27.1 Å². The Morgan fingerprint density at radius 3 is 2.61 bits per heavy atom. The van der Waals surface area contributed by atoms with Gasteiger partial charge < -0.3 is 11.1 Å². The smallest absolute Gasteiger partial charge is 0.327 e. The van der Waals surface area contributed by atoms with E-state index >= 15 is 0 Å². The number of hydrogen-bond donors (Lipinski definition) is 2. The van der Waals surface area contributed by atoms with Gasteiger partial charge in [0.1, 0.15) is 5.69 Å². The Morgan fingerprint density at radius 2 is 1.94 bits per heavy atom. The Kier molecular flexibility index (Phi) is 3.09. The average Bonchev–Trinajstić information content (AvgIpc) is 2.28. The first-order valence-electron chi connectivity index (χ1n) is 5.13. The van der Waals surface area contributed by atoms with Crippen LogP contribution < -0.4 is 11.1 Å². The molecule has 0 amide bonds. The molecule has 0 aliphatic carbocycles. The predicted octanol–water partition coefficient (Wildman–Crippen LogP) is 3.06. The van der Waals surface area contributed by atoms with Crippen molar-refractivity contribution in [3.63, 3.8) is 0 Å². The SMILES string of the molecule is Nc1cccc(Nc2cccc(F)c2[N+](=O)[O-])c1. The molecule has 0 bridgehead atoms. The lowest BCUT2D eigenvalue weighted by molar-refractivity contribution is -0.386. The Balaban J connectivity index is 2.40. The molecule has 0 aliphatic rings. The van der Waals surface area contributed by atoms with Crippen LogP contribution in [0.5, 0.6) is 0 Å². The van der Waals surface area contributed by atoms with Crippen LogP contribution in [0.15, 0.2) is 42.5 Å². The average molecular weight is 247 g/mol. The van der Waals surface area contributed by atoms with E-state index in [1.54, 1.807) is 24.3 Å². The number of anilines is 3. The van der Waals surface area contributed by atoms with Crippen molar-refractivity contribution in [3.05, 3.63) is 58.4 Å². The molecule has 0 radical (unpaired) electrons. The summed E-state index contributed by atoms with van der Waals surface area (Å²) < 4.78 is 13.4. The maximum atomic E-state index is 13.4. The number of halogens is 1. The van der Waals surface area contributed by atoms with E-state index in [0.717, 1.165) is 6.07 Å². The van der Waals surface area contributed by atoms with Crippen molar-refractivity contribution < 1.29 is 9.31 Å². The van der Waals surface area contributed by atoms with Crippen LogP contribution in [0.1, 0.15) is 0 Å². The third-order valence-corrected chi connectivity index (χ3v) is 2.33. The molecule has 0 saturated heterocycles. The van der Waals surface area contributed by atoms with Crippen molar-refractivity contribution >= 4 is 22.7 Å². The van der Waals surface area contributed by atoms with Crippen molar-refractivity contribution in [2.24, 2.45) is 0 Å². The van der Waals surface area contributed by atoms with E-state index < -0.39 is 16.4 Å². The van der Waals surface area contributed by atoms with Gasteiger partial charge in [0.15, 0.2) is 0 Å². The molecule has 6 heteroatoms. The number of nitrogens with zero attached hydrogens (tertiary/aromatic N) is 1. The highest BCUT2D eigenvalue weighted by atomic mass is 19.1. The van der Waals surface area contributed by atoms with Gasteiger partial charge in [-0.05, 0) is 30.3 Å². The van der Waals surface area contributed by atoms with E-state index in [4.69, 9.17) is 5.73 Å². The van der Waals surface area contributed by atoms with Gasteiger partial charge in [-0.2, -0.15) is 4.39 Å². The molecule has 0 spiro atoms. The Morgan fingerprint density at radius 1 is 1.22 bits per heavy atom. The maximum Gasteiger partial charge on any atom is 0.327 e. The number of benzene rings is 2. The number of nitro groups is 1. The Hall–Kier alpha value is -2.63. The Bertz CT molecular complexity index is 602. The van der Waals surface area contributed by atoms with Gasteiger partial charge in [-0.1, -0.05) is 12.1 Å². The number of nitro benzene ring substituents is 1. The van der Waals surface area contributed by atoms with Gasteiger partial charge in [0.25, 0.3) is 0 Å². The maximum absolute atomic E-state index is 13.4. The summed E-state index contributed by atoms with van der Waals surface area (Å²) in [5, 5.41) is 13.6. The van der Waals surface area contributed by atoms with E-state index in [1.165, 1.54) is 12.1 Å². The molecular weight excluding hydrogens is 237 g/mol. The number of hydrogen-bond acceptors (Lipinski definition) is 4. The van der Waals surface area contributed by atoms with E-state index in [2.05, 4.69) is 5.32 Å². The van der Waals surface area contributed by atoms with Gasteiger partial charge in [-0.3, -0.25) is 10.1 Å². The van der Waals surface area contributed by atoms with Gasteiger partial charge in [0, 0.05) is 11.4 Å². The molecule has 5 nitrogen and oxygen atoms in total. The standard InChI is InChI=1S/C12H10FN3O2/c13-10-5-2-6-11(12(10)16(17)18)15-9-4-1-3-8(14)7-9/h1-7,15H,14H2. The molecule has 0 atom stereocenters. The summed E-state index contributed by atoms with van der Waals surface area (Å²) in [7, 11) is 0. The molecule has 0 heterocycles. The largest absolute Gasteiger partial charge is 0.399 e. The minimum Gasteiger partial charge on any atom is -0.399 e. The van der Waals surface area contributed by atoms with Crippen LogP contribution in [-0.2, 0) is 0 Å². The quantitative estimate of drug-likeness (QED) is 0.496. The minimum atomic E-state index is -0.881. The molecule has 2 aromatic carbocycles. The molecule has 0 saturated carbocycles. The second-order valence-corrected chi connectivity index (χ2v) is 3.64. The molecule has 92 valence electrons. The molecule has 0 fully saturated rings. The fourth-order valence-corrected chi connectivity index (χ4v) is 1.57. The first-order chi connectivity index (χ1) is 8.58. The van der Waals surface area contributed by atoms with Gasteiger partial charge in [-0.25, -0.2) is 0 Å². The predicted molar refractivity (Wildman–Crippen MR) is 67.2 cm³/mol. The lowest BCUT2D eigenvalue weighted by atomic mass is 10.2. The zero-order chi connectivity index (χ0) is 13.1. The third kappa shape index (κ3) is 2.37. The summed E-state index contributed by atoms with van der Waals surface area (Å²) in [5.74, 6) is -0.881. The zero-order valence-electron chi connectivity index (χ0n) is 9.26. The second kappa shape index (κ2) is 4.70. The van der Waals surface area contributed by atoms with E-state index in [1.807, 2.05) is 0 Å². The lowest BCUT2D eigenvalue weighted by Crippen LogP contribution is -1.99. The van der Waals surface area contributed by atoms with E-state index in [9.17, 15) is 14.5 Å². The first-order valence-corrected chi connectivity index (χ1v) is 5.13. The number of nitrogens with one attached hydrogen (secondary N) is 1. The number of nitrogen functional groups attached to an aromatic ring is 1. The van der Waals surface area contributed by atoms with Crippen molar-refractivity contribution in [2.45, 2.75) is 0 Å². The van der Waals surface area contributed by atoms with Crippen LogP contribution in [0.2, 0.25) is 0 Å². The number of rotatable bonds is 3. The molecule has 0 aromatic heterocycles. The number of para-hydroxylation sites is 1. The molecule has 3 N–H and O–H groups in total. The van der Waals surface area contributed by atoms with Crippen LogP contribution in [0.3, 0.4) is 0 Å². The van der Waals surface area contributed by atoms with E-state index in [0.29, 0.717) is 11.4 Å². The van der Waals surface area contributed by atoms with Crippen molar-refractivity contribution in [1.29, 1.82) is 0 Å². The molecule has 2 rings (SSSR count). The van der Waals surface area contributed by atoms with Crippen LogP contribution in [0, 0.1) is 15.9 Å². The number of nitrogens with two attached hydrogens (primary N) is 1. The van der Waals surface area contributed by atoms with Crippen molar-refractivity contribution in [2.75, 3.05) is 11.1 Å². The molecule has 2 aromatic rings. The monoisotopic (exact) mass is 247 g/mol. The van der Waals surface area contributed by atoms with Crippen LogP contribution in [-0.4, -0.2) is 4.92 Å². The van der Waals surface area contributed by atoms with Gasteiger partial charge >= 0.3 is 5.69 Å². The van der Waals surface area contributed by atoms with Gasteiger partial charge in [-0.15, -0.1) is 0 Å². The summed E-state index contributed by atoms with van der Waals surface area (Å²) in [6.45, 7) is 0. The highest BCUT2D eigenvalue weighted by Gasteiger charge is 2.19. The van der Waals surface area contributed by atoms with Crippen molar-refractivity contribution in [3.8, 4) is 0 Å². The highest BCUT2D eigenvalue weighted by Crippen LogP contribution is 2.30. The summed E-state index contributed by atoms with van der Waals surface area (Å²) >= 11 is 0. The fraction of sp³-hybridized carbons (Fsp3) is 0. The molecule has 0 unspecified atom stereocenters. The van der Waals surface area contributed by atoms with Gasteiger partial charge in [0.05, 0.1) is 4.92 Å². The molecule has 18 heavy (non-hydrogen) atoms. The Labute approximate surface area is 102 Å². The van der Waals surface area contributed by atoms with Crippen LogP contribution in [0.25, 0.3) is 0 Å². The van der Waals surface area contributed by atoms with Crippen molar-refractivity contribution in [1.82, 2.24) is 0 Å². The summed E-state index contributed by atoms with van der Waals surface area (Å²) in [5.41, 5.74) is 6.17. The van der Waals surface area contributed by atoms with E-state index in [-0.39, 0.29) is 5.69 Å². The normalized spacial score (nSPS) is 10.1. The van der Waals surface area contributed by atoms with Crippen LogP contribution >= 0.6 is 0 Å². The molecule has 0 aliphatic heterocycles. The fourth-order valence-electron chi connectivity index (χ4n) is 1.57. The van der Waals surface area contributed by atoms with Gasteiger partial charge in [0.2, 0.25) is 5.82 Å².